The molecule has 0 aliphatic heterocycles. The number of carboxylic acid groups (broad SMARTS) is 1. The first-order valence-corrected chi connectivity index (χ1v) is 3.91. The molecule has 1 aromatic carbocycles. The Bertz CT molecular complexity index is 335. The molecule has 0 spiro atoms. The van der Waals surface area contributed by atoms with Gasteiger partial charge in [0.1, 0.15) is 0 Å². The molecule has 1 rings (SSSR count). The molecule has 0 radical (unpaired) electrons. The van der Waals surface area contributed by atoms with E-state index in [9.17, 15) is 9.90 Å². The lowest BCUT2D eigenvalue weighted by Crippen LogP contribution is -2.22. The highest BCUT2D eigenvalue weighted by Crippen LogP contribution is 2.05. The quantitative estimate of drug-likeness (QED) is 0.659. The highest BCUT2D eigenvalue weighted by molar-refractivity contribution is 5.64. The molecule has 66 valence electrons. The minimum absolute atomic E-state index is 0.0197. The molecule has 0 N–H and O–H groups in total. The van der Waals surface area contributed by atoms with Crippen molar-refractivity contribution in [3.63, 3.8) is 0 Å². The molecular formula is C10H8NO2-. The maximum Gasteiger partial charge on any atom is 0.0991 e. The summed E-state index contributed by atoms with van der Waals surface area (Å²) in [4.78, 5) is 10.1. The van der Waals surface area contributed by atoms with E-state index in [1.54, 1.807) is 24.3 Å². The lowest BCUT2D eigenvalue weighted by molar-refractivity contribution is -0.305. The summed E-state index contributed by atoms with van der Waals surface area (Å²) >= 11 is 0. The first kappa shape index (κ1) is 9.27. The van der Waals surface area contributed by atoms with Gasteiger partial charge in [-0.25, -0.2) is 0 Å². The number of carbonyl (C=O) groups excluding carboxylic acids is 1. The molecule has 0 bridgehead atoms. The Morgan fingerprint density at radius 3 is 2.46 bits per heavy atom. The average Bonchev–Trinajstić information content (AvgIpc) is 2.15. The molecule has 3 heteroatoms. The summed E-state index contributed by atoms with van der Waals surface area (Å²) in [5, 5.41) is 18.6. The average molecular weight is 174 g/mol. The van der Waals surface area contributed by atoms with Crippen LogP contribution in [0.5, 0.6) is 0 Å². The summed E-state index contributed by atoms with van der Waals surface area (Å²) in [5.41, 5.74) is 1.49. The monoisotopic (exact) mass is 174 g/mol. The number of aliphatic carboxylic acids is 1. The normalized spacial score (nSPS) is 9.15. The Hall–Kier alpha value is -1.82. The van der Waals surface area contributed by atoms with Gasteiger partial charge in [-0.3, -0.25) is 0 Å². The predicted octanol–water partition coefficient (Wildman–Crippen LogP) is 0.241. The molecule has 0 atom stereocenters. The number of benzene rings is 1. The fraction of sp³-hybridized carbons (Fsp3) is 0.200. The van der Waals surface area contributed by atoms with Gasteiger partial charge in [-0.1, -0.05) is 12.1 Å². The molecule has 0 saturated heterocycles. The van der Waals surface area contributed by atoms with Crippen molar-refractivity contribution in [2.24, 2.45) is 0 Å². The van der Waals surface area contributed by atoms with Crippen molar-refractivity contribution in [1.29, 1.82) is 5.26 Å². The van der Waals surface area contributed by atoms with Crippen LogP contribution in [0.15, 0.2) is 24.3 Å². The Morgan fingerprint density at radius 1 is 1.38 bits per heavy atom. The summed E-state index contributed by atoms with van der Waals surface area (Å²) in [7, 11) is 0. The minimum Gasteiger partial charge on any atom is -0.550 e. The SMILES string of the molecule is N#Cc1ccc(CCC(=O)[O-])cc1. The lowest BCUT2D eigenvalue weighted by atomic mass is 10.1. The number of carbonyl (C=O) groups is 1. The van der Waals surface area contributed by atoms with Gasteiger partial charge in [0.25, 0.3) is 0 Å². The van der Waals surface area contributed by atoms with Gasteiger partial charge in [0.05, 0.1) is 11.6 Å². The number of rotatable bonds is 3. The highest BCUT2D eigenvalue weighted by Gasteiger charge is 1.94. The molecule has 0 aliphatic carbocycles. The first-order chi connectivity index (χ1) is 6.22. The smallest absolute Gasteiger partial charge is 0.0991 e. The van der Waals surface area contributed by atoms with Gasteiger partial charge in [0.15, 0.2) is 0 Å². The Morgan fingerprint density at radius 2 is 2.00 bits per heavy atom. The van der Waals surface area contributed by atoms with Crippen molar-refractivity contribution in [1.82, 2.24) is 0 Å². The summed E-state index contributed by atoms with van der Waals surface area (Å²) in [6, 6.07) is 8.84. The van der Waals surface area contributed by atoms with Crippen molar-refractivity contribution in [2.45, 2.75) is 12.8 Å². The molecule has 0 amide bonds. The van der Waals surface area contributed by atoms with Gasteiger partial charge in [0, 0.05) is 5.97 Å². The lowest BCUT2D eigenvalue weighted by Gasteiger charge is -2.01. The fourth-order valence-corrected chi connectivity index (χ4v) is 0.992. The van der Waals surface area contributed by atoms with Gasteiger partial charge in [-0.2, -0.15) is 5.26 Å². The Balaban J connectivity index is 2.60. The van der Waals surface area contributed by atoms with Crippen molar-refractivity contribution in [2.75, 3.05) is 0 Å². The van der Waals surface area contributed by atoms with E-state index in [4.69, 9.17) is 5.26 Å². The van der Waals surface area contributed by atoms with Gasteiger partial charge >= 0.3 is 0 Å². The third kappa shape index (κ3) is 2.96. The summed E-state index contributed by atoms with van der Waals surface area (Å²) < 4.78 is 0. The van der Waals surface area contributed by atoms with E-state index in [0.717, 1.165) is 5.56 Å². The number of hydrogen-bond donors (Lipinski definition) is 0. The molecule has 1 aromatic rings. The van der Waals surface area contributed by atoms with E-state index in [1.165, 1.54) is 0 Å². The summed E-state index contributed by atoms with van der Waals surface area (Å²) in [6.45, 7) is 0. The fourth-order valence-electron chi connectivity index (χ4n) is 0.992. The Kier molecular flexibility index (Phi) is 3.04. The van der Waals surface area contributed by atoms with E-state index in [-0.39, 0.29) is 6.42 Å². The number of nitriles is 1. The van der Waals surface area contributed by atoms with Crippen LogP contribution in [-0.4, -0.2) is 5.97 Å². The van der Waals surface area contributed by atoms with Crippen molar-refractivity contribution >= 4 is 5.97 Å². The molecule has 0 unspecified atom stereocenters. The molecule has 0 heterocycles. The van der Waals surface area contributed by atoms with Crippen LogP contribution >= 0.6 is 0 Å². The van der Waals surface area contributed by atoms with E-state index in [2.05, 4.69) is 0 Å². The van der Waals surface area contributed by atoms with E-state index >= 15 is 0 Å². The van der Waals surface area contributed by atoms with Crippen LogP contribution in [0.1, 0.15) is 17.5 Å². The van der Waals surface area contributed by atoms with Gasteiger partial charge in [-0.15, -0.1) is 0 Å². The molecular weight excluding hydrogens is 166 g/mol. The number of hydrogen-bond acceptors (Lipinski definition) is 3. The highest BCUT2D eigenvalue weighted by atomic mass is 16.4. The van der Waals surface area contributed by atoms with Crippen LogP contribution in [0.2, 0.25) is 0 Å². The molecule has 0 saturated carbocycles. The zero-order chi connectivity index (χ0) is 9.68. The van der Waals surface area contributed by atoms with Gasteiger partial charge < -0.3 is 9.90 Å². The topological polar surface area (TPSA) is 63.9 Å². The molecule has 0 aliphatic rings. The van der Waals surface area contributed by atoms with Crippen molar-refractivity contribution in [3.05, 3.63) is 35.4 Å². The number of nitrogens with zero attached hydrogens (tertiary/aromatic N) is 1. The van der Waals surface area contributed by atoms with Crippen LogP contribution in [0.4, 0.5) is 0 Å². The third-order valence-corrected chi connectivity index (χ3v) is 1.70. The van der Waals surface area contributed by atoms with Crippen LogP contribution in [-0.2, 0) is 11.2 Å². The summed E-state index contributed by atoms with van der Waals surface area (Å²) in [5.74, 6) is -1.05. The van der Waals surface area contributed by atoms with Crippen molar-refractivity contribution < 1.29 is 9.90 Å². The molecule has 13 heavy (non-hydrogen) atoms. The largest absolute Gasteiger partial charge is 0.550 e. The second-order valence-corrected chi connectivity index (χ2v) is 2.68. The minimum atomic E-state index is -1.05. The van der Waals surface area contributed by atoms with E-state index < -0.39 is 5.97 Å². The maximum absolute atomic E-state index is 10.1. The van der Waals surface area contributed by atoms with E-state index in [1.807, 2.05) is 6.07 Å². The summed E-state index contributed by atoms with van der Waals surface area (Å²) in [6.07, 6.45) is 0.472. The zero-order valence-electron chi connectivity index (χ0n) is 6.99. The molecule has 3 nitrogen and oxygen atoms in total. The van der Waals surface area contributed by atoms with Crippen LogP contribution < -0.4 is 5.11 Å². The van der Waals surface area contributed by atoms with Crippen LogP contribution in [0.3, 0.4) is 0 Å². The van der Waals surface area contributed by atoms with Crippen molar-refractivity contribution in [3.8, 4) is 6.07 Å². The standard InChI is InChI=1S/C10H9NO2/c11-7-9-3-1-8(2-4-9)5-6-10(12)13/h1-4H,5-6H2,(H,12,13)/p-1. The number of carboxylic acids is 1. The predicted molar refractivity (Wildman–Crippen MR) is 44.5 cm³/mol. The number of aryl methyl sites for hydroxylation is 1. The van der Waals surface area contributed by atoms with Crippen LogP contribution in [0.25, 0.3) is 0 Å². The maximum atomic E-state index is 10.1. The first-order valence-electron chi connectivity index (χ1n) is 3.91. The Labute approximate surface area is 76.2 Å². The molecule has 0 fully saturated rings. The zero-order valence-corrected chi connectivity index (χ0v) is 6.99. The second kappa shape index (κ2) is 4.27. The third-order valence-electron chi connectivity index (χ3n) is 1.70. The second-order valence-electron chi connectivity index (χ2n) is 2.68. The van der Waals surface area contributed by atoms with Gasteiger partial charge in [-0.05, 0) is 30.5 Å². The van der Waals surface area contributed by atoms with Gasteiger partial charge in [0.2, 0.25) is 0 Å². The van der Waals surface area contributed by atoms with E-state index in [0.29, 0.717) is 12.0 Å². The molecule has 0 aromatic heterocycles. The van der Waals surface area contributed by atoms with Crippen LogP contribution in [0, 0.1) is 11.3 Å².